The summed E-state index contributed by atoms with van der Waals surface area (Å²) in [6.07, 6.45) is 31.2. The monoisotopic (exact) mass is 723 g/mol. The van der Waals surface area contributed by atoms with Crippen molar-refractivity contribution in [2.24, 2.45) is 51.2 Å². The molecule has 0 aromatic heterocycles. The number of rotatable bonds is 0. The lowest BCUT2D eigenvalue weighted by molar-refractivity contribution is -0.0843. The third-order valence-electron chi connectivity index (χ3n) is 16.1. The second-order valence-corrected chi connectivity index (χ2v) is 22.6. The first-order valence-electron chi connectivity index (χ1n) is 21.3. The molecule has 0 radical (unpaired) electrons. The molecule has 6 aliphatic carbocycles. The van der Waals surface area contributed by atoms with E-state index in [-0.39, 0.29) is 0 Å². The highest BCUT2D eigenvalue weighted by Gasteiger charge is 2.62. The van der Waals surface area contributed by atoms with Crippen LogP contribution in [0.25, 0.3) is 0 Å². The first-order chi connectivity index (χ1) is 24.7. The van der Waals surface area contributed by atoms with E-state index in [1.165, 1.54) is 118 Å². The Morgan fingerprint density at radius 1 is 0.765 bits per heavy atom. The maximum Gasteiger partial charge on any atom is 0.116 e. The summed E-state index contributed by atoms with van der Waals surface area (Å²) in [5, 5.41) is 15.0. The molecule has 2 aromatic carbocycles. The normalized spacial score (nSPS) is 40.8. The highest BCUT2D eigenvalue weighted by molar-refractivity contribution is 8.76. The molecule has 5 saturated carbocycles. The molecule has 9 rings (SSSR count). The van der Waals surface area contributed by atoms with Crippen LogP contribution < -0.4 is 5.32 Å². The molecule has 2 aromatic rings. The number of allylic oxidation sites excluding steroid dienone is 2. The zero-order valence-corrected chi connectivity index (χ0v) is 33.4. The van der Waals surface area contributed by atoms with E-state index in [0.29, 0.717) is 34.0 Å². The van der Waals surface area contributed by atoms with E-state index in [1.54, 1.807) is 12.8 Å². The largest absolute Gasteiger partial charge is 0.508 e. The van der Waals surface area contributed by atoms with Crippen LogP contribution in [0.15, 0.2) is 54.6 Å². The molecule has 276 valence electrons. The van der Waals surface area contributed by atoms with E-state index < -0.39 is 0 Å². The van der Waals surface area contributed by atoms with Gasteiger partial charge in [0.15, 0.2) is 0 Å². The molecule has 51 heavy (non-hydrogen) atoms. The molecule has 4 spiro atoms. The van der Waals surface area contributed by atoms with Gasteiger partial charge in [-0.2, -0.15) is 0 Å². The average molecular weight is 724 g/mol. The number of hydrogen-bond donors (Lipinski definition) is 2. The van der Waals surface area contributed by atoms with Crippen molar-refractivity contribution in [2.75, 3.05) is 11.5 Å². The Kier molecular flexibility index (Phi) is 9.74. The van der Waals surface area contributed by atoms with Crippen LogP contribution in [0.5, 0.6) is 5.75 Å². The van der Waals surface area contributed by atoms with Crippen LogP contribution in [-0.4, -0.2) is 22.7 Å². The molecule has 4 heteroatoms. The van der Waals surface area contributed by atoms with Crippen molar-refractivity contribution in [1.82, 2.24) is 5.32 Å². The summed E-state index contributed by atoms with van der Waals surface area (Å²) in [5.74, 6) is 6.81. The van der Waals surface area contributed by atoms with Gasteiger partial charge in [-0.15, -0.1) is 0 Å². The molecule has 0 amide bonds. The van der Waals surface area contributed by atoms with Crippen molar-refractivity contribution in [3.8, 4) is 5.75 Å². The molecular formula is C47H65NOS2. The number of phenols is 1. The number of aromatic hydroxyl groups is 1. The highest BCUT2D eigenvalue weighted by atomic mass is 33.1. The molecule has 7 aliphatic rings. The quantitative estimate of drug-likeness (QED) is 0.209. The summed E-state index contributed by atoms with van der Waals surface area (Å²) in [6, 6.07) is 16.1. The second kappa shape index (κ2) is 14.1. The Bertz CT molecular complexity index is 1600. The van der Waals surface area contributed by atoms with Crippen LogP contribution in [0.2, 0.25) is 0 Å². The van der Waals surface area contributed by atoms with Gasteiger partial charge in [0.1, 0.15) is 5.75 Å². The van der Waals surface area contributed by atoms with Gasteiger partial charge in [-0.25, -0.2) is 0 Å². The predicted octanol–water partition coefficient (Wildman–Crippen LogP) is 12.3. The Morgan fingerprint density at radius 2 is 1.51 bits per heavy atom. The van der Waals surface area contributed by atoms with E-state index >= 15 is 0 Å². The molecule has 1 aliphatic heterocycles. The van der Waals surface area contributed by atoms with Crippen molar-refractivity contribution in [2.45, 2.75) is 142 Å². The molecule has 9 atom stereocenters. The van der Waals surface area contributed by atoms with E-state index in [4.69, 9.17) is 0 Å². The SMILES string of the molecule is C[C@H]1CC=C[C@]2(C1)C[C@]1(CC[C@@]3(CCC4(CCCC4)C3)C1)C[C@@H]1[C@@H]3Cc4cc(O)cc(c4)Cc4ccccc4CN[C@@H](C)CSSC[C@H](C3)C[C@@H]12. The summed E-state index contributed by atoms with van der Waals surface area (Å²) < 4.78 is 0. The van der Waals surface area contributed by atoms with Gasteiger partial charge in [0.05, 0.1) is 0 Å². The van der Waals surface area contributed by atoms with Crippen LogP contribution in [-0.2, 0) is 19.4 Å². The van der Waals surface area contributed by atoms with Crippen LogP contribution in [0.4, 0.5) is 0 Å². The Balaban J connectivity index is 1.06. The summed E-state index contributed by atoms with van der Waals surface area (Å²) in [6.45, 7) is 5.83. The highest BCUT2D eigenvalue weighted by Crippen LogP contribution is 2.73. The standard InChI is InChI=1S/C47H65NOS2/c1-33-8-7-13-47(25-33)32-46(17-16-45(31-46)15-14-44(30-45)11-5-6-12-44)26-42-40-20-36-18-35(22-41(49)23-36)19-38-9-3-4-10-39(38)27-48-34(2)28-50-51-29-37(21-40)24-43(42)47/h3-4,7,9-10,13,18,22-23,33-34,37,40,42-43,48-49H,5-6,8,11-12,14-17,19-21,24-32H2,1-2H3/t33-,34-,37+,40+,42+,43-,45+,46+,47-/m0/s1. The molecule has 2 N–H and O–H groups in total. The number of nitrogens with one attached hydrogen (secondary N) is 1. The fourth-order valence-corrected chi connectivity index (χ4v) is 17.1. The van der Waals surface area contributed by atoms with Crippen molar-refractivity contribution < 1.29 is 5.11 Å². The second-order valence-electron chi connectivity index (χ2n) is 20.0. The Morgan fingerprint density at radius 3 is 2.35 bits per heavy atom. The lowest BCUT2D eigenvalue weighted by atomic mass is 9.44. The molecule has 2 nitrogen and oxygen atoms in total. The number of hydrogen-bond acceptors (Lipinski definition) is 4. The maximum absolute atomic E-state index is 11.2. The maximum atomic E-state index is 11.2. The van der Waals surface area contributed by atoms with Gasteiger partial charge in [0.25, 0.3) is 0 Å². The fourth-order valence-electron chi connectivity index (χ4n) is 14.3. The van der Waals surface area contributed by atoms with E-state index in [2.05, 4.69) is 89.3 Å². The van der Waals surface area contributed by atoms with Gasteiger partial charge in [0, 0.05) is 24.1 Å². The number of fused-ring (bicyclic) bond motifs is 8. The summed E-state index contributed by atoms with van der Waals surface area (Å²) in [7, 11) is 4.28. The lowest BCUT2D eigenvalue weighted by Gasteiger charge is -2.60. The van der Waals surface area contributed by atoms with Gasteiger partial charge >= 0.3 is 0 Å². The summed E-state index contributed by atoms with van der Waals surface area (Å²) >= 11 is 0. The summed E-state index contributed by atoms with van der Waals surface area (Å²) in [5.41, 5.74) is 7.71. The van der Waals surface area contributed by atoms with E-state index in [1.807, 2.05) is 6.07 Å². The van der Waals surface area contributed by atoms with Crippen molar-refractivity contribution in [1.29, 1.82) is 0 Å². The van der Waals surface area contributed by atoms with Crippen molar-refractivity contribution in [3.05, 3.63) is 76.9 Å². The van der Waals surface area contributed by atoms with Crippen LogP contribution in [0.3, 0.4) is 0 Å². The van der Waals surface area contributed by atoms with E-state index in [9.17, 15) is 5.11 Å². The molecule has 5 fully saturated rings. The van der Waals surface area contributed by atoms with Crippen LogP contribution in [0.1, 0.15) is 139 Å². The minimum Gasteiger partial charge on any atom is -0.508 e. The smallest absolute Gasteiger partial charge is 0.116 e. The van der Waals surface area contributed by atoms with Crippen LogP contribution >= 0.6 is 21.6 Å². The van der Waals surface area contributed by atoms with Gasteiger partial charge in [-0.1, -0.05) is 83.8 Å². The van der Waals surface area contributed by atoms with Crippen molar-refractivity contribution in [3.63, 3.8) is 0 Å². The third kappa shape index (κ3) is 7.15. The number of phenolic OH excluding ortho intramolecular Hbond substituents is 1. The van der Waals surface area contributed by atoms with E-state index in [0.717, 1.165) is 54.2 Å². The van der Waals surface area contributed by atoms with Gasteiger partial charge in [-0.05, 0) is 195 Å². The first-order valence-corrected chi connectivity index (χ1v) is 23.7. The predicted molar refractivity (Wildman–Crippen MR) is 218 cm³/mol. The number of benzene rings is 2. The molecule has 1 heterocycles. The molecular weight excluding hydrogens is 659 g/mol. The molecule has 0 unspecified atom stereocenters. The van der Waals surface area contributed by atoms with Gasteiger partial charge < -0.3 is 10.4 Å². The zero-order valence-electron chi connectivity index (χ0n) is 31.8. The minimum atomic E-state index is 0.384. The lowest BCUT2D eigenvalue weighted by Crippen LogP contribution is -2.52. The van der Waals surface area contributed by atoms with Gasteiger partial charge in [0.2, 0.25) is 0 Å². The topological polar surface area (TPSA) is 32.3 Å². The average Bonchev–Trinajstić information content (AvgIpc) is 3.80. The zero-order chi connectivity index (χ0) is 34.7. The first kappa shape index (κ1) is 35.3. The van der Waals surface area contributed by atoms with Crippen molar-refractivity contribution >= 4 is 21.6 Å². The van der Waals surface area contributed by atoms with Crippen LogP contribution in [0, 0.1) is 51.2 Å². The summed E-state index contributed by atoms with van der Waals surface area (Å²) in [4.78, 5) is 0. The fraction of sp³-hybridized carbons (Fsp3) is 0.702. The Hall–Kier alpha value is -1.36. The minimum absolute atomic E-state index is 0.384. The molecule has 0 saturated heterocycles. The third-order valence-corrected chi connectivity index (χ3v) is 18.8. The van der Waals surface area contributed by atoms with Gasteiger partial charge in [-0.3, -0.25) is 0 Å². The Labute approximate surface area is 318 Å². The molecule has 4 bridgehead atoms.